The zero-order valence-electron chi connectivity index (χ0n) is 26.4. The molecule has 236 valence electrons. The highest BCUT2D eigenvalue weighted by atomic mass is 19.1. The van der Waals surface area contributed by atoms with Crippen LogP contribution in [-0.2, 0) is 16.1 Å². The minimum Gasteiger partial charge on any atom is -0.334 e. The number of piperidine rings is 2. The average molecular weight is 612 g/mol. The first-order valence-electron chi connectivity index (χ1n) is 16.0. The molecule has 1 N–H and O–H groups in total. The van der Waals surface area contributed by atoms with E-state index in [2.05, 4.69) is 20.5 Å². The number of nitrogens with zero attached hydrogens (tertiary/aromatic N) is 4. The second kappa shape index (κ2) is 14.7. The molecule has 9 heteroatoms. The van der Waals surface area contributed by atoms with Crippen molar-refractivity contribution < 1.29 is 18.5 Å². The number of Topliss-reactive ketones (excluding diaryl/α,β-unsaturated/α-hetero) is 1. The molecule has 2 aliphatic heterocycles. The van der Waals surface area contributed by atoms with Crippen LogP contribution >= 0.6 is 0 Å². The van der Waals surface area contributed by atoms with E-state index in [1.54, 1.807) is 19.1 Å². The van der Waals surface area contributed by atoms with Crippen molar-refractivity contribution >= 4 is 11.7 Å². The topological polar surface area (TPSA) is 91.6 Å². The molecule has 0 saturated carbocycles. The molecule has 0 bridgehead atoms. The molecule has 0 atom stereocenters. The number of likely N-dealkylation sites (tertiary alicyclic amines) is 1. The normalized spacial score (nSPS) is 16.8. The molecule has 45 heavy (non-hydrogen) atoms. The summed E-state index contributed by atoms with van der Waals surface area (Å²) < 4.78 is 20.3. The number of hydrogen-bond donors (Lipinski definition) is 1. The van der Waals surface area contributed by atoms with Crippen molar-refractivity contribution in [2.75, 3.05) is 26.2 Å². The van der Waals surface area contributed by atoms with Gasteiger partial charge in [0.15, 0.2) is 0 Å². The van der Waals surface area contributed by atoms with Gasteiger partial charge in [0.05, 0.1) is 0 Å². The predicted molar refractivity (Wildman–Crippen MR) is 173 cm³/mol. The van der Waals surface area contributed by atoms with Crippen molar-refractivity contribution in [1.29, 1.82) is 0 Å². The summed E-state index contributed by atoms with van der Waals surface area (Å²) in [5.41, 5.74) is 5.82. The van der Waals surface area contributed by atoms with Gasteiger partial charge in [0, 0.05) is 36.3 Å². The van der Waals surface area contributed by atoms with Gasteiger partial charge in [-0.1, -0.05) is 86.1 Å². The Kier molecular flexibility index (Phi) is 10.5. The van der Waals surface area contributed by atoms with Gasteiger partial charge in [-0.2, -0.15) is 4.98 Å². The minimum absolute atomic E-state index is 0.0552. The number of rotatable bonds is 8. The summed E-state index contributed by atoms with van der Waals surface area (Å²) >= 11 is 0. The van der Waals surface area contributed by atoms with Gasteiger partial charge in [-0.25, -0.2) is 9.40 Å². The Morgan fingerprint density at radius 1 is 0.867 bits per heavy atom. The lowest BCUT2D eigenvalue weighted by Gasteiger charge is -2.40. The molecule has 8 nitrogen and oxygen atoms in total. The van der Waals surface area contributed by atoms with Crippen LogP contribution in [0.4, 0.5) is 4.39 Å². The number of halogens is 1. The summed E-state index contributed by atoms with van der Waals surface area (Å²) in [4.78, 5) is 32.7. The SMILES string of the molecule is CC.CC(=O)C1(C(=O)NN2CCCCC2)CCN(Cc2ccc(-c3noc(-c4ccc(-c5ccccc5)c(F)c4)n3)cc2)CC1. The third-order valence-corrected chi connectivity index (χ3v) is 8.78. The number of hydrogen-bond acceptors (Lipinski definition) is 7. The highest BCUT2D eigenvalue weighted by Crippen LogP contribution is 2.34. The zero-order chi connectivity index (χ0) is 31.8. The van der Waals surface area contributed by atoms with Crippen LogP contribution in [0.15, 0.2) is 77.3 Å². The highest BCUT2D eigenvalue weighted by Gasteiger charge is 2.46. The molecule has 3 aromatic carbocycles. The van der Waals surface area contributed by atoms with Crippen molar-refractivity contribution in [2.45, 2.75) is 59.4 Å². The van der Waals surface area contributed by atoms with E-state index in [-0.39, 0.29) is 23.4 Å². The van der Waals surface area contributed by atoms with Gasteiger partial charge in [0.1, 0.15) is 17.0 Å². The fourth-order valence-corrected chi connectivity index (χ4v) is 6.06. The standard InChI is InChI=1S/C34H36FN5O3.C2H6/c1-24(41)34(33(42)37-40-18-6-3-7-19-40)16-20-39(21-17-34)23-25-10-12-27(13-11-25)31-36-32(43-38-31)28-14-15-29(30(35)22-28)26-8-4-2-5-9-26;1-2/h2,4-5,8-15,22H,3,6-7,16-21,23H2,1H3,(H,37,42);1-2H3. The lowest BCUT2D eigenvalue weighted by Crippen LogP contribution is -2.56. The van der Waals surface area contributed by atoms with Crippen LogP contribution in [0.3, 0.4) is 0 Å². The average Bonchev–Trinajstić information content (AvgIpc) is 3.58. The third-order valence-electron chi connectivity index (χ3n) is 8.78. The number of benzene rings is 3. The summed E-state index contributed by atoms with van der Waals surface area (Å²) in [6.07, 6.45) is 4.34. The molecular formula is C36H42FN5O3. The number of aromatic nitrogens is 2. The fraction of sp³-hybridized carbons (Fsp3) is 0.389. The number of ketones is 1. The van der Waals surface area contributed by atoms with E-state index in [4.69, 9.17) is 4.52 Å². The first-order chi connectivity index (χ1) is 21.9. The zero-order valence-corrected chi connectivity index (χ0v) is 26.4. The molecule has 6 rings (SSSR count). The molecule has 2 aliphatic rings. The first kappa shape index (κ1) is 32.2. The molecule has 1 aromatic heterocycles. The molecule has 2 saturated heterocycles. The molecule has 0 unspecified atom stereocenters. The van der Waals surface area contributed by atoms with Crippen molar-refractivity contribution in [3.05, 3.63) is 84.2 Å². The Hall–Kier alpha value is -4.21. The van der Waals surface area contributed by atoms with Crippen LogP contribution in [0.25, 0.3) is 34.0 Å². The molecular weight excluding hydrogens is 569 g/mol. The summed E-state index contributed by atoms with van der Waals surface area (Å²) in [7, 11) is 0. The van der Waals surface area contributed by atoms with Gasteiger partial charge >= 0.3 is 0 Å². The molecule has 4 aromatic rings. The van der Waals surface area contributed by atoms with Gasteiger partial charge in [-0.05, 0) is 69.0 Å². The lowest BCUT2D eigenvalue weighted by atomic mass is 9.74. The Morgan fingerprint density at radius 2 is 1.53 bits per heavy atom. The van der Waals surface area contributed by atoms with E-state index in [0.29, 0.717) is 49.4 Å². The number of carbonyl (C=O) groups is 2. The van der Waals surface area contributed by atoms with Crippen molar-refractivity contribution in [1.82, 2.24) is 25.5 Å². The van der Waals surface area contributed by atoms with Crippen LogP contribution in [-0.4, -0.2) is 57.9 Å². The van der Waals surface area contributed by atoms with E-state index < -0.39 is 5.41 Å². The Bertz CT molecular complexity index is 1570. The summed E-state index contributed by atoms with van der Waals surface area (Å²) in [5.74, 6) is 0.122. The van der Waals surface area contributed by atoms with Crippen LogP contribution in [0, 0.1) is 11.2 Å². The number of nitrogens with one attached hydrogen (secondary N) is 1. The van der Waals surface area contributed by atoms with Crippen molar-refractivity contribution in [3.63, 3.8) is 0 Å². The molecule has 3 heterocycles. The van der Waals surface area contributed by atoms with Crippen LogP contribution in [0.2, 0.25) is 0 Å². The van der Waals surface area contributed by atoms with Gasteiger partial charge in [0.25, 0.3) is 5.89 Å². The Labute approximate surface area is 264 Å². The van der Waals surface area contributed by atoms with E-state index in [0.717, 1.165) is 42.6 Å². The summed E-state index contributed by atoms with van der Waals surface area (Å²) in [5, 5.41) is 6.09. The van der Waals surface area contributed by atoms with Crippen LogP contribution in [0.1, 0.15) is 58.4 Å². The first-order valence-corrected chi connectivity index (χ1v) is 16.0. The summed E-state index contributed by atoms with van der Waals surface area (Å²) in [6, 6.07) is 22.2. The van der Waals surface area contributed by atoms with Crippen LogP contribution in [0.5, 0.6) is 0 Å². The molecule has 0 radical (unpaired) electrons. The van der Waals surface area contributed by atoms with E-state index >= 15 is 0 Å². The smallest absolute Gasteiger partial charge is 0.258 e. The maximum Gasteiger partial charge on any atom is 0.258 e. The Morgan fingerprint density at radius 3 is 2.18 bits per heavy atom. The second-order valence-electron chi connectivity index (χ2n) is 11.6. The monoisotopic (exact) mass is 611 g/mol. The fourth-order valence-electron chi connectivity index (χ4n) is 6.06. The molecule has 2 fully saturated rings. The van der Waals surface area contributed by atoms with Gasteiger partial charge in [-0.3, -0.25) is 19.9 Å². The summed E-state index contributed by atoms with van der Waals surface area (Å²) in [6.45, 7) is 9.28. The van der Waals surface area contributed by atoms with E-state index in [9.17, 15) is 14.0 Å². The minimum atomic E-state index is -0.959. The predicted octanol–water partition coefficient (Wildman–Crippen LogP) is 6.92. The largest absolute Gasteiger partial charge is 0.334 e. The van der Waals surface area contributed by atoms with Crippen LogP contribution < -0.4 is 5.43 Å². The number of carbonyl (C=O) groups excluding carboxylic acids is 2. The third kappa shape index (κ3) is 7.37. The van der Waals surface area contributed by atoms with Crippen molar-refractivity contribution in [3.8, 4) is 34.0 Å². The molecule has 1 amide bonds. The van der Waals surface area contributed by atoms with Gasteiger partial charge < -0.3 is 4.52 Å². The molecule has 0 spiro atoms. The van der Waals surface area contributed by atoms with Gasteiger partial charge in [-0.15, -0.1) is 0 Å². The molecule has 0 aliphatic carbocycles. The lowest BCUT2D eigenvalue weighted by molar-refractivity contribution is -0.148. The van der Waals surface area contributed by atoms with E-state index in [1.165, 1.54) is 12.5 Å². The number of hydrazine groups is 1. The maximum atomic E-state index is 14.9. The Balaban J connectivity index is 0.00000196. The van der Waals surface area contributed by atoms with Crippen molar-refractivity contribution in [2.24, 2.45) is 5.41 Å². The van der Waals surface area contributed by atoms with E-state index in [1.807, 2.05) is 73.5 Å². The second-order valence-corrected chi connectivity index (χ2v) is 11.6. The number of amides is 1. The maximum absolute atomic E-state index is 14.9. The highest BCUT2D eigenvalue weighted by molar-refractivity contribution is 6.05. The quantitative estimate of drug-likeness (QED) is 0.216. The van der Waals surface area contributed by atoms with Gasteiger partial charge in [0.2, 0.25) is 11.7 Å².